The fraction of sp³-hybridized carbons (Fsp3) is 0.289. The molecule has 1 nitrogen and oxygen atoms in total. The van der Waals surface area contributed by atoms with Crippen molar-refractivity contribution in [2.45, 2.75) is 147 Å². The number of anilines is 3. The summed E-state index contributed by atoms with van der Waals surface area (Å²) in [5.41, 5.74) is 39.3. The number of nitrogens with zero attached hydrogens (tertiary/aromatic N) is 1. The van der Waals surface area contributed by atoms with Crippen molar-refractivity contribution in [3.8, 4) is 22.3 Å². The molecule has 0 bridgehead atoms. The molecule has 0 aliphatic heterocycles. The number of benzene rings is 9. The van der Waals surface area contributed by atoms with Crippen LogP contribution in [0.2, 0.25) is 0 Å². The fourth-order valence-corrected chi connectivity index (χ4v) is 16.2. The van der Waals surface area contributed by atoms with Crippen LogP contribution in [-0.2, 0) is 10.8 Å². The first-order valence-corrected chi connectivity index (χ1v) is 29.6. The van der Waals surface area contributed by atoms with Crippen LogP contribution >= 0.6 is 0 Å². The molecule has 79 heavy (non-hydrogen) atoms. The van der Waals surface area contributed by atoms with E-state index >= 15 is 0 Å². The second-order valence-electron chi connectivity index (χ2n) is 24.4. The summed E-state index contributed by atoms with van der Waals surface area (Å²) in [6.07, 6.45) is 4.05. The Labute approximate surface area is 475 Å². The van der Waals surface area contributed by atoms with Gasteiger partial charge in [-0.1, -0.05) is 242 Å². The van der Waals surface area contributed by atoms with Gasteiger partial charge in [0, 0.05) is 27.9 Å². The largest absolute Gasteiger partial charge is 0.310 e. The lowest BCUT2D eigenvalue weighted by Crippen LogP contribution is -2.56. The van der Waals surface area contributed by atoms with E-state index in [1.54, 1.807) is 0 Å². The molecule has 0 fully saturated rings. The van der Waals surface area contributed by atoms with Crippen molar-refractivity contribution in [1.82, 2.24) is 0 Å². The van der Waals surface area contributed by atoms with Crippen LogP contribution in [0, 0.1) is 83.1 Å². The van der Waals surface area contributed by atoms with Crippen LogP contribution < -0.4 is 37.7 Å². The zero-order valence-corrected chi connectivity index (χ0v) is 50.4. The second-order valence-corrected chi connectivity index (χ2v) is 24.4. The van der Waals surface area contributed by atoms with E-state index in [4.69, 9.17) is 0 Å². The minimum atomic E-state index is -0.154. The van der Waals surface area contributed by atoms with Gasteiger partial charge in [0.25, 0.3) is 0 Å². The molecule has 11 rings (SSSR count). The van der Waals surface area contributed by atoms with Crippen LogP contribution in [0.1, 0.15) is 142 Å². The molecule has 2 aliphatic carbocycles. The molecule has 0 radical (unpaired) electrons. The molecule has 0 heterocycles. The third-order valence-electron chi connectivity index (χ3n) is 19.5. The molecule has 9 aromatic carbocycles. The molecular formula is C76H81B2N. The normalized spacial score (nSPS) is 13.5. The van der Waals surface area contributed by atoms with E-state index in [0.29, 0.717) is 0 Å². The Morgan fingerprint density at radius 2 is 0.557 bits per heavy atom. The summed E-state index contributed by atoms with van der Waals surface area (Å²) in [5.74, 6) is 0. The van der Waals surface area contributed by atoms with Gasteiger partial charge in [0.05, 0.1) is 0 Å². The van der Waals surface area contributed by atoms with E-state index in [1.807, 2.05) is 0 Å². The quantitative estimate of drug-likeness (QED) is 0.104. The van der Waals surface area contributed by atoms with Crippen molar-refractivity contribution in [1.29, 1.82) is 0 Å². The van der Waals surface area contributed by atoms with Gasteiger partial charge in [-0.15, -0.1) is 0 Å². The fourth-order valence-electron chi connectivity index (χ4n) is 16.2. The van der Waals surface area contributed by atoms with Crippen LogP contribution in [0.3, 0.4) is 0 Å². The van der Waals surface area contributed by atoms with E-state index < -0.39 is 0 Å². The van der Waals surface area contributed by atoms with Gasteiger partial charge in [0.15, 0.2) is 0 Å². The van der Waals surface area contributed by atoms with Gasteiger partial charge in [-0.05, 0) is 190 Å². The molecule has 0 saturated heterocycles. The first-order valence-electron chi connectivity index (χ1n) is 29.6. The maximum Gasteiger partial charge on any atom is 0.242 e. The van der Waals surface area contributed by atoms with Gasteiger partial charge in [0.1, 0.15) is 0 Å². The molecule has 0 unspecified atom stereocenters. The number of rotatable bonds is 13. The summed E-state index contributed by atoms with van der Waals surface area (Å²) >= 11 is 0. The molecular weight excluding hydrogens is 948 g/mol. The Bertz CT molecular complexity index is 3440. The average molecular weight is 1030 g/mol. The summed E-state index contributed by atoms with van der Waals surface area (Å²) in [6.45, 7) is 37.4. The van der Waals surface area contributed by atoms with Crippen molar-refractivity contribution in [2.75, 3.05) is 4.90 Å². The van der Waals surface area contributed by atoms with Crippen molar-refractivity contribution < 1.29 is 0 Å². The van der Waals surface area contributed by atoms with Crippen molar-refractivity contribution in [2.24, 2.45) is 0 Å². The van der Waals surface area contributed by atoms with Crippen LogP contribution in [0.4, 0.5) is 17.1 Å². The summed E-state index contributed by atoms with van der Waals surface area (Å²) in [7, 11) is 0. The lowest BCUT2D eigenvalue weighted by atomic mass is 9.34. The molecule has 396 valence electrons. The zero-order chi connectivity index (χ0) is 56.0. The first kappa shape index (κ1) is 53.9. The van der Waals surface area contributed by atoms with Crippen molar-refractivity contribution >= 4 is 63.3 Å². The monoisotopic (exact) mass is 1030 g/mol. The van der Waals surface area contributed by atoms with Gasteiger partial charge in [0.2, 0.25) is 13.4 Å². The standard InChI is InChI=1S/C76H81B2N/c1-17-75(18-2)67-42-58(77(71-50(9)34-46(5)35-51(71)10)72-52(11)36-47(6)37-53(72)12)26-30-63(67)65-32-28-61(44-69(65)75)79(60-24-22-21-23-25-60)62-29-33-66-64-31-27-59(43-68(64)76(19-3,20-4)70(66)45-62)78(73-54(13)38-48(7)39-55(73)14)74-56(15)40-49(8)41-57(74)16/h21-45H,17-20H2,1-16H3. The number of hydrogen-bond acceptors (Lipinski definition) is 1. The molecule has 3 heteroatoms. The maximum absolute atomic E-state index is 2.63. The van der Waals surface area contributed by atoms with Gasteiger partial charge in [-0.25, -0.2) is 0 Å². The van der Waals surface area contributed by atoms with Crippen LogP contribution in [0.5, 0.6) is 0 Å². The maximum atomic E-state index is 2.63. The Kier molecular flexibility index (Phi) is 14.0. The summed E-state index contributed by atoms with van der Waals surface area (Å²) < 4.78 is 0. The third-order valence-corrected chi connectivity index (χ3v) is 19.5. The molecule has 0 aromatic heterocycles. The number of fused-ring (bicyclic) bond motifs is 6. The lowest BCUT2D eigenvalue weighted by molar-refractivity contribution is 0.490. The van der Waals surface area contributed by atoms with Crippen molar-refractivity contribution in [3.63, 3.8) is 0 Å². The van der Waals surface area contributed by atoms with Gasteiger partial charge in [-0.3, -0.25) is 0 Å². The predicted octanol–water partition coefficient (Wildman–Crippen LogP) is 16.1. The molecule has 0 saturated carbocycles. The number of para-hydroxylation sites is 1. The number of hydrogen-bond donors (Lipinski definition) is 0. The van der Waals surface area contributed by atoms with Gasteiger partial charge >= 0.3 is 0 Å². The van der Waals surface area contributed by atoms with Crippen LogP contribution in [-0.4, -0.2) is 13.4 Å². The highest BCUT2D eigenvalue weighted by molar-refractivity contribution is 6.97. The smallest absolute Gasteiger partial charge is 0.242 e. The van der Waals surface area contributed by atoms with E-state index in [2.05, 4.69) is 267 Å². The van der Waals surface area contributed by atoms with E-state index in [-0.39, 0.29) is 24.3 Å². The average Bonchev–Trinajstić information content (AvgIpc) is 3.48. The lowest BCUT2D eigenvalue weighted by Gasteiger charge is -2.33. The SMILES string of the molecule is CCC1(CC)c2cc(B(c3c(C)cc(C)cc3C)c3c(C)cc(C)cc3C)ccc2-c2ccc(N(c3ccccc3)c3ccc4c(c3)C(CC)(CC)c3cc(B(c5c(C)cc(C)cc5C)c5c(C)cc(C)cc5C)ccc3-4)cc21. The van der Waals surface area contributed by atoms with E-state index in [9.17, 15) is 0 Å². The van der Waals surface area contributed by atoms with Gasteiger partial charge in [-0.2, -0.15) is 0 Å². The second kappa shape index (κ2) is 20.5. The minimum Gasteiger partial charge on any atom is -0.310 e. The Hall–Kier alpha value is -7.09. The topological polar surface area (TPSA) is 3.24 Å². The predicted molar refractivity (Wildman–Crippen MR) is 347 cm³/mol. The Morgan fingerprint density at radius 3 is 0.835 bits per heavy atom. The highest BCUT2D eigenvalue weighted by atomic mass is 15.1. The highest BCUT2D eigenvalue weighted by Crippen LogP contribution is 2.56. The Morgan fingerprint density at radius 1 is 0.291 bits per heavy atom. The van der Waals surface area contributed by atoms with Crippen molar-refractivity contribution in [3.05, 3.63) is 241 Å². The first-order chi connectivity index (χ1) is 37.9. The minimum absolute atomic E-state index is 0.117. The van der Waals surface area contributed by atoms with E-state index in [0.717, 1.165) is 25.7 Å². The Balaban J connectivity index is 1.04. The third kappa shape index (κ3) is 8.68. The summed E-state index contributed by atoms with van der Waals surface area (Å²) in [6, 6.07) is 60.2. The van der Waals surface area contributed by atoms with Crippen LogP contribution in [0.25, 0.3) is 22.3 Å². The molecule has 0 N–H and O–H groups in total. The summed E-state index contributed by atoms with van der Waals surface area (Å²) in [4.78, 5) is 2.54. The molecule has 0 amide bonds. The molecule has 0 spiro atoms. The molecule has 2 aliphatic rings. The zero-order valence-electron chi connectivity index (χ0n) is 50.4. The highest BCUT2D eigenvalue weighted by Gasteiger charge is 2.44. The molecule has 9 aromatic rings. The number of aryl methyl sites for hydroxylation is 12. The summed E-state index contributed by atoms with van der Waals surface area (Å²) in [5, 5.41) is 0. The molecule has 0 atom stereocenters. The van der Waals surface area contributed by atoms with E-state index in [1.165, 1.54) is 161 Å². The van der Waals surface area contributed by atoms with Crippen LogP contribution in [0.15, 0.2) is 152 Å². The van der Waals surface area contributed by atoms with Gasteiger partial charge < -0.3 is 4.90 Å².